The minimum absolute atomic E-state index is 0.155. The van der Waals surface area contributed by atoms with Gasteiger partial charge in [-0.25, -0.2) is 9.97 Å². The highest BCUT2D eigenvalue weighted by atomic mass is 16.5. The standard InChI is InChI=1S/C32H43N7O4/c1-3-38-9-11-39(12-10-38)31-16-23(15-30(37-31)36-25-5-4-6-25)32(41)34-18-28(40)27-14-22-7-8-26(13-24(22)17-33-27)42-19-29-21(2)35-20-43-29/h7-8,13,15-16,20,25,27-28,33,40H,3-6,9-12,14,17-19H2,1-2H3,(H,34,41)(H,36,37)/t27-,28+/m0/s1. The maximum atomic E-state index is 13.3. The van der Waals surface area contributed by atoms with Crippen LogP contribution < -0.4 is 25.6 Å². The van der Waals surface area contributed by atoms with Gasteiger partial charge in [-0.15, -0.1) is 0 Å². The second-order valence-corrected chi connectivity index (χ2v) is 11.8. The Morgan fingerprint density at radius 3 is 2.74 bits per heavy atom. The number of aromatic nitrogens is 2. The molecular weight excluding hydrogens is 546 g/mol. The fourth-order valence-corrected chi connectivity index (χ4v) is 5.87. The van der Waals surface area contributed by atoms with Gasteiger partial charge in [-0.05, 0) is 74.5 Å². The minimum atomic E-state index is -0.738. The van der Waals surface area contributed by atoms with Crippen molar-refractivity contribution in [2.75, 3.05) is 49.5 Å². The van der Waals surface area contributed by atoms with Crippen LogP contribution in [-0.4, -0.2) is 83.3 Å². The second-order valence-electron chi connectivity index (χ2n) is 11.8. The van der Waals surface area contributed by atoms with E-state index in [2.05, 4.69) is 37.7 Å². The summed E-state index contributed by atoms with van der Waals surface area (Å²) >= 11 is 0. The SMILES string of the molecule is CCN1CCN(c2cc(C(=O)NC[C@@H](O)[C@@H]3Cc4ccc(OCc5ocnc5C)cc4CN3)cc(NC3CCC3)n2)CC1. The number of aryl methyl sites for hydroxylation is 1. The van der Waals surface area contributed by atoms with Crippen molar-refractivity contribution >= 4 is 17.5 Å². The summed E-state index contributed by atoms with van der Waals surface area (Å²) < 4.78 is 11.3. The molecule has 3 aliphatic rings. The van der Waals surface area contributed by atoms with Crippen LogP contribution in [0.5, 0.6) is 5.75 Å². The van der Waals surface area contributed by atoms with Crippen LogP contribution in [0.25, 0.3) is 0 Å². The number of rotatable bonds is 11. The summed E-state index contributed by atoms with van der Waals surface area (Å²) in [6.07, 6.45) is 4.82. The molecule has 11 nitrogen and oxygen atoms in total. The number of fused-ring (bicyclic) bond motifs is 1. The molecule has 1 amide bonds. The molecule has 6 rings (SSSR count). The number of ether oxygens (including phenoxy) is 1. The van der Waals surface area contributed by atoms with Crippen LogP contribution in [0.4, 0.5) is 11.6 Å². The average Bonchev–Trinajstić information content (AvgIpc) is 3.44. The van der Waals surface area contributed by atoms with E-state index in [1.54, 1.807) is 0 Å². The first-order chi connectivity index (χ1) is 20.9. The van der Waals surface area contributed by atoms with Crippen LogP contribution in [0, 0.1) is 6.92 Å². The molecule has 3 aromatic rings. The molecule has 0 radical (unpaired) electrons. The van der Waals surface area contributed by atoms with Gasteiger partial charge in [-0.2, -0.15) is 0 Å². The number of anilines is 2. The number of aliphatic hydroxyl groups excluding tert-OH is 1. The number of nitrogens with zero attached hydrogens (tertiary/aromatic N) is 4. The van der Waals surface area contributed by atoms with Crippen molar-refractivity contribution in [2.24, 2.45) is 0 Å². The summed E-state index contributed by atoms with van der Waals surface area (Å²) in [6.45, 7) is 9.95. The van der Waals surface area contributed by atoms with Crippen molar-refractivity contribution in [3.63, 3.8) is 0 Å². The Hall–Kier alpha value is -3.67. The molecule has 0 unspecified atom stereocenters. The number of benzene rings is 1. The highest BCUT2D eigenvalue weighted by Gasteiger charge is 2.26. The van der Waals surface area contributed by atoms with E-state index in [0.717, 1.165) is 79.8 Å². The molecule has 2 aromatic heterocycles. The number of carbonyl (C=O) groups excluding carboxylic acids is 1. The third-order valence-electron chi connectivity index (χ3n) is 9.00. The van der Waals surface area contributed by atoms with Crippen molar-refractivity contribution in [1.29, 1.82) is 0 Å². The number of hydrogen-bond acceptors (Lipinski definition) is 10. The van der Waals surface area contributed by atoms with E-state index in [1.807, 2.05) is 37.3 Å². The zero-order valence-corrected chi connectivity index (χ0v) is 25.1. The summed E-state index contributed by atoms with van der Waals surface area (Å²) in [4.78, 5) is 27.0. The van der Waals surface area contributed by atoms with E-state index in [0.29, 0.717) is 36.9 Å². The average molecular weight is 590 g/mol. The maximum absolute atomic E-state index is 13.3. The van der Waals surface area contributed by atoms with Crippen molar-refractivity contribution in [2.45, 2.75) is 70.9 Å². The normalized spacial score (nSPS) is 19.8. The highest BCUT2D eigenvalue weighted by molar-refractivity contribution is 5.95. The van der Waals surface area contributed by atoms with Crippen molar-refractivity contribution in [3.05, 3.63) is 64.9 Å². The van der Waals surface area contributed by atoms with Gasteiger partial charge in [0.05, 0.1) is 11.8 Å². The molecule has 2 fully saturated rings. The number of nitrogens with one attached hydrogen (secondary N) is 3. The van der Waals surface area contributed by atoms with E-state index in [-0.39, 0.29) is 18.5 Å². The molecule has 4 heterocycles. The van der Waals surface area contributed by atoms with Crippen molar-refractivity contribution in [3.8, 4) is 5.75 Å². The largest absolute Gasteiger partial charge is 0.486 e. The van der Waals surface area contributed by atoms with Crippen LogP contribution >= 0.6 is 0 Å². The predicted molar refractivity (Wildman–Crippen MR) is 165 cm³/mol. The van der Waals surface area contributed by atoms with E-state index in [4.69, 9.17) is 14.1 Å². The molecule has 0 bridgehead atoms. The van der Waals surface area contributed by atoms with Gasteiger partial charge < -0.3 is 40.0 Å². The molecule has 1 saturated heterocycles. The van der Waals surface area contributed by atoms with Crippen LogP contribution in [0.3, 0.4) is 0 Å². The van der Waals surface area contributed by atoms with Gasteiger partial charge in [-0.3, -0.25) is 4.79 Å². The molecular formula is C32H43N7O4. The van der Waals surface area contributed by atoms with E-state index >= 15 is 0 Å². The summed E-state index contributed by atoms with van der Waals surface area (Å²) in [5.41, 5.74) is 3.68. The number of likely N-dealkylation sites (N-methyl/N-ethyl adjacent to an activating group) is 1. The van der Waals surface area contributed by atoms with E-state index in [1.165, 1.54) is 12.8 Å². The lowest BCUT2D eigenvalue weighted by molar-refractivity contribution is 0.0870. The fraction of sp³-hybridized carbons (Fsp3) is 0.531. The Morgan fingerprint density at radius 1 is 1.19 bits per heavy atom. The molecule has 11 heteroatoms. The first kappa shape index (κ1) is 29.4. The molecule has 1 aliphatic carbocycles. The molecule has 1 saturated carbocycles. The summed E-state index contributed by atoms with van der Waals surface area (Å²) in [7, 11) is 0. The molecule has 43 heavy (non-hydrogen) atoms. The third-order valence-corrected chi connectivity index (χ3v) is 9.00. The van der Waals surface area contributed by atoms with Crippen molar-refractivity contribution in [1.82, 2.24) is 25.5 Å². The van der Waals surface area contributed by atoms with Gasteiger partial charge in [0.25, 0.3) is 5.91 Å². The Bertz CT molecular complexity index is 1400. The molecule has 1 aromatic carbocycles. The Labute approximate surface area is 253 Å². The molecule has 230 valence electrons. The quantitative estimate of drug-likeness (QED) is 0.265. The van der Waals surface area contributed by atoms with E-state index in [9.17, 15) is 9.90 Å². The molecule has 0 spiro atoms. The lowest BCUT2D eigenvalue weighted by atomic mass is 9.92. The molecule has 2 atom stereocenters. The number of hydrogen-bond donors (Lipinski definition) is 4. The smallest absolute Gasteiger partial charge is 0.251 e. The van der Waals surface area contributed by atoms with Crippen LogP contribution in [-0.2, 0) is 19.6 Å². The Kier molecular flexibility index (Phi) is 9.11. The lowest BCUT2D eigenvalue weighted by Gasteiger charge is -2.35. The van der Waals surface area contributed by atoms with Gasteiger partial charge in [0.2, 0.25) is 0 Å². The maximum Gasteiger partial charge on any atom is 0.251 e. The highest BCUT2D eigenvalue weighted by Crippen LogP contribution is 2.27. The summed E-state index contributed by atoms with van der Waals surface area (Å²) in [5.74, 6) is 2.85. The zero-order valence-electron chi connectivity index (χ0n) is 25.1. The number of oxazole rings is 1. The Morgan fingerprint density at radius 2 is 2.02 bits per heavy atom. The van der Waals surface area contributed by atoms with Gasteiger partial charge in [0.15, 0.2) is 12.2 Å². The fourth-order valence-electron chi connectivity index (χ4n) is 5.87. The zero-order chi connectivity index (χ0) is 29.8. The lowest BCUT2D eigenvalue weighted by Crippen LogP contribution is -2.49. The number of amides is 1. The van der Waals surface area contributed by atoms with Crippen molar-refractivity contribution < 1.29 is 19.1 Å². The molecule has 2 aliphatic heterocycles. The first-order valence-electron chi connectivity index (χ1n) is 15.5. The number of aliphatic hydroxyl groups is 1. The number of carbonyl (C=O) groups is 1. The second kappa shape index (κ2) is 13.3. The monoisotopic (exact) mass is 589 g/mol. The Balaban J connectivity index is 1.05. The van der Waals surface area contributed by atoms with Crippen LogP contribution in [0.2, 0.25) is 0 Å². The van der Waals surface area contributed by atoms with Gasteiger partial charge in [0, 0.05) is 56.9 Å². The minimum Gasteiger partial charge on any atom is -0.486 e. The topological polar surface area (TPSA) is 128 Å². The first-order valence-corrected chi connectivity index (χ1v) is 15.5. The van der Waals surface area contributed by atoms with Crippen LogP contribution in [0.15, 0.2) is 41.1 Å². The summed E-state index contributed by atoms with van der Waals surface area (Å²) in [6, 6.07) is 9.98. The van der Waals surface area contributed by atoms with Gasteiger partial charge >= 0.3 is 0 Å². The van der Waals surface area contributed by atoms with Crippen LogP contribution in [0.1, 0.15) is 59.1 Å². The third kappa shape index (κ3) is 7.11. The molecule has 4 N–H and O–H groups in total. The number of piperazine rings is 1. The number of pyridine rings is 1. The summed E-state index contributed by atoms with van der Waals surface area (Å²) in [5, 5.41) is 21.0. The predicted octanol–water partition coefficient (Wildman–Crippen LogP) is 2.87. The van der Waals surface area contributed by atoms with E-state index < -0.39 is 6.10 Å². The van der Waals surface area contributed by atoms with Gasteiger partial charge in [-0.1, -0.05) is 13.0 Å². The van der Waals surface area contributed by atoms with Gasteiger partial charge in [0.1, 0.15) is 24.0 Å².